The van der Waals surface area contributed by atoms with E-state index < -0.39 is 0 Å². The molecule has 1 rings (SSSR count). The van der Waals surface area contributed by atoms with Gasteiger partial charge in [0.2, 0.25) is 5.88 Å². The zero-order valence-electron chi connectivity index (χ0n) is 12.9. The quantitative estimate of drug-likeness (QED) is 0.779. The molecule has 1 atom stereocenters. The summed E-state index contributed by atoms with van der Waals surface area (Å²) in [6, 6.07) is 0. The minimum absolute atomic E-state index is 0.181. The molecule has 0 amide bonds. The largest absolute Gasteiger partial charge is 0.474 e. The summed E-state index contributed by atoms with van der Waals surface area (Å²) in [5.41, 5.74) is 1.10. The fourth-order valence-electron chi connectivity index (χ4n) is 2.20. The molecule has 0 bridgehead atoms. The van der Waals surface area contributed by atoms with E-state index in [9.17, 15) is 0 Å². The molecular formula is C15H27N3O. The molecule has 0 fully saturated rings. The van der Waals surface area contributed by atoms with Crippen LogP contribution in [0.25, 0.3) is 0 Å². The number of anilines is 1. The molecular weight excluding hydrogens is 238 g/mol. The third kappa shape index (κ3) is 5.05. The monoisotopic (exact) mass is 265 g/mol. The van der Waals surface area contributed by atoms with Gasteiger partial charge in [-0.3, -0.25) is 0 Å². The van der Waals surface area contributed by atoms with E-state index in [1.807, 2.05) is 0 Å². The normalized spacial score (nSPS) is 12.5. The van der Waals surface area contributed by atoms with Crippen LogP contribution in [0.5, 0.6) is 5.88 Å². The topological polar surface area (TPSA) is 47.0 Å². The average Bonchev–Trinajstić information content (AvgIpc) is 2.32. The van der Waals surface area contributed by atoms with Crippen LogP contribution in [0.2, 0.25) is 0 Å². The van der Waals surface area contributed by atoms with Crippen LogP contribution in [0.4, 0.5) is 5.82 Å². The molecule has 108 valence electrons. The Morgan fingerprint density at radius 2 is 1.95 bits per heavy atom. The Hall–Kier alpha value is -1.32. The van der Waals surface area contributed by atoms with Crippen molar-refractivity contribution in [2.45, 2.75) is 60.0 Å². The molecule has 1 heterocycles. The molecule has 1 aromatic heterocycles. The minimum Gasteiger partial charge on any atom is -0.474 e. The summed E-state index contributed by atoms with van der Waals surface area (Å²) >= 11 is 0. The van der Waals surface area contributed by atoms with Gasteiger partial charge in [-0.1, -0.05) is 27.2 Å². The van der Waals surface area contributed by atoms with Crippen molar-refractivity contribution < 1.29 is 4.74 Å². The predicted molar refractivity (Wildman–Crippen MR) is 79.7 cm³/mol. The Morgan fingerprint density at radius 1 is 1.21 bits per heavy atom. The molecule has 1 unspecified atom stereocenters. The molecule has 0 aliphatic heterocycles. The zero-order valence-corrected chi connectivity index (χ0v) is 12.9. The highest BCUT2D eigenvalue weighted by molar-refractivity contribution is 5.48. The lowest BCUT2D eigenvalue weighted by Gasteiger charge is -2.19. The van der Waals surface area contributed by atoms with Gasteiger partial charge < -0.3 is 10.1 Å². The van der Waals surface area contributed by atoms with Gasteiger partial charge in [0.05, 0.1) is 11.7 Å². The van der Waals surface area contributed by atoms with Crippen molar-refractivity contribution in [3.8, 4) is 5.88 Å². The van der Waals surface area contributed by atoms with Crippen LogP contribution in [-0.2, 0) is 6.42 Å². The Kier molecular flexibility index (Phi) is 6.60. The maximum Gasteiger partial charge on any atom is 0.222 e. The Morgan fingerprint density at radius 3 is 2.53 bits per heavy atom. The van der Waals surface area contributed by atoms with Gasteiger partial charge in [-0.05, 0) is 32.6 Å². The fourth-order valence-corrected chi connectivity index (χ4v) is 2.20. The molecule has 0 aliphatic carbocycles. The maximum absolute atomic E-state index is 6.00. The minimum atomic E-state index is 0.181. The highest BCUT2D eigenvalue weighted by atomic mass is 16.5. The van der Waals surface area contributed by atoms with Gasteiger partial charge in [0.1, 0.15) is 12.1 Å². The molecule has 0 saturated heterocycles. The second kappa shape index (κ2) is 7.97. The molecule has 4 heteroatoms. The number of nitrogens with zero attached hydrogens (tertiary/aromatic N) is 2. The average molecular weight is 265 g/mol. The highest BCUT2D eigenvalue weighted by Crippen LogP contribution is 2.25. The smallest absolute Gasteiger partial charge is 0.222 e. The van der Waals surface area contributed by atoms with Crippen molar-refractivity contribution in [3.63, 3.8) is 0 Å². The van der Waals surface area contributed by atoms with Crippen molar-refractivity contribution in [3.05, 3.63) is 11.9 Å². The maximum atomic E-state index is 6.00. The summed E-state index contributed by atoms with van der Waals surface area (Å²) in [6.07, 6.45) is 4.79. The number of nitrogens with one attached hydrogen (secondary N) is 1. The summed E-state index contributed by atoms with van der Waals surface area (Å²) in [5.74, 6) is 2.27. The first-order valence-corrected chi connectivity index (χ1v) is 7.32. The van der Waals surface area contributed by atoms with Gasteiger partial charge in [0.15, 0.2) is 0 Å². The molecule has 0 saturated carbocycles. The van der Waals surface area contributed by atoms with Crippen LogP contribution in [0.15, 0.2) is 6.33 Å². The summed E-state index contributed by atoms with van der Waals surface area (Å²) < 4.78 is 6.00. The Bertz CT molecular complexity index is 380. The van der Waals surface area contributed by atoms with Crippen molar-refractivity contribution >= 4 is 5.82 Å². The van der Waals surface area contributed by atoms with E-state index in [2.05, 4.69) is 49.9 Å². The number of hydrogen-bond donors (Lipinski definition) is 1. The van der Waals surface area contributed by atoms with E-state index in [1.165, 1.54) is 0 Å². The first-order valence-electron chi connectivity index (χ1n) is 7.32. The second-order valence-corrected chi connectivity index (χ2v) is 5.34. The van der Waals surface area contributed by atoms with E-state index in [-0.39, 0.29) is 6.10 Å². The van der Waals surface area contributed by atoms with Crippen molar-refractivity contribution in [2.75, 3.05) is 11.9 Å². The molecule has 0 radical (unpaired) electrons. The zero-order chi connectivity index (χ0) is 14.3. The van der Waals surface area contributed by atoms with Crippen molar-refractivity contribution in [1.29, 1.82) is 0 Å². The van der Waals surface area contributed by atoms with Gasteiger partial charge in [-0.25, -0.2) is 9.97 Å². The lowest BCUT2D eigenvalue weighted by atomic mass is 10.1. The van der Waals surface area contributed by atoms with Crippen molar-refractivity contribution in [1.82, 2.24) is 9.97 Å². The van der Waals surface area contributed by atoms with E-state index in [0.29, 0.717) is 5.92 Å². The standard InChI is InChI=1S/C15H27N3O/c1-6-8-13-14(16-7-2)17-10-18-15(13)19-12(5)9-11(3)4/h10-12H,6-9H2,1-5H3,(H,16,17,18). The number of hydrogen-bond acceptors (Lipinski definition) is 4. The third-order valence-electron chi connectivity index (χ3n) is 2.87. The number of ether oxygens (including phenoxy) is 1. The van der Waals surface area contributed by atoms with Crippen LogP contribution in [0.3, 0.4) is 0 Å². The Balaban J connectivity index is 2.88. The lowest BCUT2D eigenvalue weighted by Crippen LogP contribution is -2.17. The van der Waals surface area contributed by atoms with E-state index in [4.69, 9.17) is 4.74 Å². The molecule has 4 nitrogen and oxygen atoms in total. The molecule has 1 aromatic rings. The summed E-state index contributed by atoms with van der Waals surface area (Å²) in [7, 11) is 0. The fraction of sp³-hybridized carbons (Fsp3) is 0.733. The van der Waals surface area contributed by atoms with E-state index >= 15 is 0 Å². The first kappa shape index (κ1) is 15.7. The van der Waals surface area contributed by atoms with Gasteiger partial charge in [0, 0.05) is 6.54 Å². The second-order valence-electron chi connectivity index (χ2n) is 5.34. The van der Waals surface area contributed by atoms with Crippen molar-refractivity contribution in [2.24, 2.45) is 5.92 Å². The molecule has 0 aromatic carbocycles. The number of aromatic nitrogens is 2. The summed E-state index contributed by atoms with van der Waals surface area (Å²) in [6.45, 7) is 11.6. The lowest BCUT2D eigenvalue weighted by molar-refractivity contribution is 0.183. The third-order valence-corrected chi connectivity index (χ3v) is 2.87. The highest BCUT2D eigenvalue weighted by Gasteiger charge is 2.15. The van der Waals surface area contributed by atoms with Crippen LogP contribution in [-0.4, -0.2) is 22.6 Å². The SMILES string of the molecule is CCCc1c(NCC)ncnc1OC(C)CC(C)C. The van der Waals surface area contributed by atoms with Crippen LogP contribution in [0, 0.1) is 5.92 Å². The molecule has 0 spiro atoms. The molecule has 19 heavy (non-hydrogen) atoms. The Labute approximate surface area is 117 Å². The molecule has 0 aliphatic rings. The first-order chi connectivity index (χ1) is 9.08. The van der Waals surface area contributed by atoms with Gasteiger partial charge in [-0.2, -0.15) is 0 Å². The predicted octanol–water partition coefficient (Wildman–Crippen LogP) is 3.67. The van der Waals surface area contributed by atoms with Gasteiger partial charge in [0.25, 0.3) is 0 Å². The summed E-state index contributed by atoms with van der Waals surface area (Å²) in [4.78, 5) is 8.63. The van der Waals surface area contributed by atoms with Gasteiger partial charge in [-0.15, -0.1) is 0 Å². The van der Waals surface area contributed by atoms with Gasteiger partial charge >= 0.3 is 0 Å². The van der Waals surface area contributed by atoms with E-state index in [1.54, 1.807) is 6.33 Å². The van der Waals surface area contributed by atoms with Crippen LogP contribution >= 0.6 is 0 Å². The number of rotatable bonds is 8. The summed E-state index contributed by atoms with van der Waals surface area (Å²) in [5, 5.41) is 3.28. The van der Waals surface area contributed by atoms with Crippen LogP contribution < -0.4 is 10.1 Å². The van der Waals surface area contributed by atoms with Crippen LogP contribution in [0.1, 0.15) is 53.0 Å². The molecule has 1 N–H and O–H groups in total. The van der Waals surface area contributed by atoms with E-state index in [0.717, 1.165) is 43.1 Å².